The lowest BCUT2D eigenvalue weighted by molar-refractivity contribution is 0.307. The van der Waals surface area contributed by atoms with Crippen LogP contribution in [0.3, 0.4) is 0 Å². The summed E-state index contributed by atoms with van der Waals surface area (Å²) in [6, 6.07) is 26.2. The van der Waals surface area contributed by atoms with Crippen LogP contribution in [0.5, 0.6) is 11.5 Å². The summed E-state index contributed by atoms with van der Waals surface area (Å²) in [7, 11) is 0. The van der Waals surface area contributed by atoms with Crippen molar-refractivity contribution in [1.82, 2.24) is 0 Å². The Bertz CT molecular complexity index is 821. The summed E-state index contributed by atoms with van der Waals surface area (Å²) in [5, 5.41) is 6.85. The van der Waals surface area contributed by atoms with Gasteiger partial charge in [0.2, 0.25) is 0 Å². The van der Waals surface area contributed by atoms with E-state index in [9.17, 15) is 0 Å². The maximum atomic E-state index is 5.98. The van der Waals surface area contributed by atoms with Crippen LogP contribution in [-0.2, 0) is 6.61 Å². The molecule has 2 N–H and O–H groups in total. The van der Waals surface area contributed by atoms with Crippen LogP contribution in [0.25, 0.3) is 0 Å². The average Bonchev–Trinajstić information content (AvgIpc) is 2.72. The molecule has 0 radical (unpaired) electrons. The van der Waals surface area contributed by atoms with Crippen LogP contribution >= 0.6 is 0 Å². The van der Waals surface area contributed by atoms with E-state index in [1.165, 1.54) is 0 Å². The molecule has 27 heavy (non-hydrogen) atoms. The molecule has 0 bridgehead atoms. The predicted octanol–water partition coefficient (Wildman–Crippen LogP) is 5.19. The molecule has 0 unspecified atom stereocenters. The number of hydrogen-bond donors (Lipinski definition) is 2. The van der Waals surface area contributed by atoms with Gasteiger partial charge in [-0.25, -0.2) is 0 Å². The van der Waals surface area contributed by atoms with Crippen molar-refractivity contribution in [3.05, 3.63) is 84.4 Å². The van der Waals surface area contributed by atoms with Gasteiger partial charge in [0.15, 0.2) is 0 Å². The number of rotatable bonds is 10. The van der Waals surface area contributed by atoms with Crippen LogP contribution in [0, 0.1) is 0 Å². The molecule has 140 valence electrons. The minimum atomic E-state index is 0.558. The van der Waals surface area contributed by atoms with E-state index in [1.807, 2.05) is 73.7 Å². The molecular weight excluding hydrogens is 336 g/mol. The van der Waals surface area contributed by atoms with Gasteiger partial charge >= 0.3 is 0 Å². The van der Waals surface area contributed by atoms with E-state index in [1.54, 1.807) is 0 Å². The summed E-state index contributed by atoms with van der Waals surface area (Å²) >= 11 is 0. The first kappa shape index (κ1) is 18.6. The van der Waals surface area contributed by atoms with E-state index in [0.717, 1.165) is 41.5 Å². The van der Waals surface area contributed by atoms with E-state index < -0.39 is 0 Å². The molecule has 0 aliphatic heterocycles. The van der Waals surface area contributed by atoms with Crippen molar-refractivity contribution < 1.29 is 9.47 Å². The van der Waals surface area contributed by atoms with Gasteiger partial charge in [0.25, 0.3) is 0 Å². The zero-order valence-corrected chi connectivity index (χ0v) is 15.7. The maximum absolute atomic E-state index is 5.98. The fourth-order valence-electron chi connectivity index (χ4n) is 2.74. The summed E-state index contributed by atoms with van der Waals surface area (Å²) < 4.78 is 11.5. The van der Waals surface area contributed by atoms with Gasteiger partial charge in [0, 0.05) is 24.8 Å². The van der Waals surface area contributed by atoms with Crippen molar-refractivity contribution >= 4 is 11.4 Å². The summed E-state index contributed by atoms with van der Waals surface area (Å²) in [5.41, 5.74) is 3.21. The Kier molecular flexibility index (Phi) is 6.99. The monoisotopic (exact) mass is 362 g/mol. The van der Waals surface area contributed by atoms with Crippen LogP contribution in [0.4, 0.5) is 11.4 Å². The molecule has 3 aromatic carbocycles. The van der Waals surface area contributed by atoms with E-state index in [2.05, 4.69) is 22.8 Å². The number of nitrogens with one attached hydrogen (secondary N) is 2. The minimum Gasteiger partial charge on any atom is -0.494 e. The topological polar surface area (TPSA) is 42.5 Å². The highest BCUT2D eigenvalue weighted by Crippen LogP contribution is 2.24. The zero-order chi connectivity index (χ0) is 18.7. The lowest BCUT2D eigenvalue weighted by atomic mass is 10.2. The third kappa shape index (κ3) is 5.96. The summed E-state index contributed by atoms with van der Waals surface area (Å²) in [4.78, 5) is 0. The Hall–Kier alpha value is -3.14. The van der Waals surface area contributed by atoms with Gasteiger partial charge in [-0.15, -0.1) is 0 Å². The van der Waals surface area contributed by atoms with E-state index in [0.29, 0.717) is 13.2 Å². The first-order valence-corrected chi connectivity index (χ1v) is 9.31. The SMILES string of the molecule is CCOc1cccc(NCCNc2ccccc2OCc2ccccc2)c1. The van der Waals surface area contributed by atoms with Gasteiger partial charge in [-0.1, -0.05) is 48.5 Å². The Morgan fingerprint density at radius 2 is 1.52 bits per heavy atom. The van der Waals surface area contributed by atoms with Crippen LogP contribution in [0.15, 0.2) is 78.9 Å². The maximum Gasteiger partial charge on any atom is 0.142 e. The lowest BCUT2D eigenvalue weighted by Crippen LogP contribution is -2.14. The molecular formula is C23H26N2O2. The second-order valence-electron chi connectivity index (χ2n) is 6.08. The Morgan fingerprint density at radius 3 is 2.37 bits per heavy atom. The summed E-state index contributed by atoms with van der Waals surface area (Å²) in [6.07, 6.45) is 0. The molecule has 3 aromatic rings. The van der Waals surface area contributed by atoms with Gasteiger partial charge in [-0.2, -0.15) is 0 Å². The molecule has 3 rings (SSSR count). The minimum absolute atomic E-state index is 0.558. The largest absolute Gasteiger partial charge is 0.494 e. The molecule has 0 heterocycles. The van der Waals surface area contributed by atoms with Gasteiger partial charge in [-0.3, -0.25) is 0 Å². The molecule has 0 spiro atoms. The van der Waals surface area contributed by atoms with E-state index >= 15 is 0 Å². The molecule has 0 amide bonds. The second kappa shape index (κ2) is 10.1. The Balaban J connectivity index is 1.49. The standard InChI is InChI=1S/C23H26N2O2/c1-2-26-21-12-8-11-20(17-21)24-15-16-25-22-13-6-7-14-23(22)27-18-19-9-4-3-5-10-19/h3-14,17,24-25H,2,15-16,18H2,1H3. The third-order valence-electron chi connectivity index (χ3n) is 4.04. The van der Waals surface area contributed by atoms with Crippen LogP contribution < -0.4 is 20.1 Å². The normalized spacial score (nSPS) is 10.3. The highest BCUT2D eigenvalue weighted by molar-refractivity contribution is 5.56. The molecule has 0 aliphatic rings. The number of benzene rings is 3. The highest BCUT2D eigenvalue weighted by atomic mass is 16.5. The van der Waals surface area contributed by atoms with Crippen LogP contribution in [-0.4, -0.2) is 19.7 Å². The fourth-order valence-corrected chi connectivity index (χ4v) is 2.74. The van der Waals surface area contributed by atoms with Crippen molar-refractivity contribution in [2.75, 3.05) is 30.3 Å². The molecule has 4 heteroatoms. The quantitative estimate of drug-likeness (QED) is 0.487. The Labute approximate surface area is 161 Å². The molecule has 0 aliphatic carbocycles. The third-order valence-corrected chi connectivity index (χ3v) is 4.04. The van der Waals surface area contributed by atoms with Crippen molar-refractivity contribution in [1.29, 1.82) is 0 Å². The first-order valence-electron chi connectivity index (χ1n) is 9.31. The highest BCUT2D eigenvalue weighted by Gasteiger charge is 2.03. The van der Waals surface area contributed by atoms with Crippen molar-refractivity contribution in [3.63, 3.8) is 0 Å². The Morgan fingerprint density at radius 1 is 0.741 bits per heavy atom. The van der Waals surface area contributed by atoms with E-state index in [4.69, 9.17) is 9.47 Å². The smallest absolute Gasteiger partial charge is 0.142 e. The number of para-hydroxylation sites is 2. The number of ether oxygens (including phenoxy) is 2. The van der Waals surface area contributed by atoms with Gasteiger partial charge in [0.05, 0.1) is 12.3 Å². The molecule has 0 saturated heterocycles. The fraction of sp³-hybridized carbons (Fsp3) is 0.217. The predicted molar refractivity (Wildman–Crippen MR) is 112 cm³/mol. The van der Waals surface area contributed by atoms with Crippen molar-refractivity contribution in [2.45, 2.75) is 13.5 Å². The van der Waals surface area contributed by atoms with Gasteiger partial charge in [-0.05, 0) is 36.8 Å². The lowest BCUT2D eigenvalue weighted by Gasteiger charge is -2.14. The molecule has 0 atom stereocenters. The molecule has 0 aromatic heterocycles. The number of hydrogen-bond acceptors (Lipinski definition) is 4. The molecule has 4 nitrogen and oxygen atoms in total. The second-order valence-corrected chi connectivity index (χ2v) is 6.08. The summed E-state index contributed by atoms with van der Waals surface area (Å²) in [5.74, 6) is 1.75. The van der Waals surface area contributed by atoms with Gasteiger partial charge < -0.3 is 20.1 Å². The molecule has 0 saturated carbocycles. The summed E-state index contributed by atoms with van der Waals surface area (Å²) in [6.45, 7) is 4.79. The zero-order valence-electron chi connectivity index (χ0n) is 15.7. The molecule has 0 fully saturated rings. The van der Waals surface area contributed by atoms with Crippen LogP contribution in [0.1, 0.15) is 12.5 Å². The van der Waals surface area contributed by atoms with Crippen molar-refractivity contribution in [3.8, 4) is 11.5 Å². The van der Waals surface area contributed by atoms with E-state index in [-0.39, 0.29) is 0 Å². The first-order chi connectivity index (χ1) is 13.3. The van der Waals surface area contributed by atoms with Gasteiger partial charge in [0.1, 0.15) is 18.1 Å². The average molecular weight is 362 g/mol. The van der Waals surface area contributed by atoms with Crippen LogP contribution in [0.2, 0.25) is 0 Å². The van der Waals surface area contributed by atoms with Crippen molar-refractivity contribution in [2.24, 2.45) is 0 Å². The number of anilines is 2.